The minimum atomic E-state index is -4.20. The SMILES string of the molecule is COC(=O)[C@@H]1Nc2cc(Cl)c(S(N)(=O)=O)cc2S(=O)(=O)N1C. The number of hydrogen-bond donors (Lipinski definition) is 2. The fourth-order valence-corrected chi connectivity index (χ4v) is 4.49. The molecule has 0 fully saturated rings. The second kappa shape index (κ2) is 5.35. The van der Waals surface area contributed by atoms with E-state index in [-0.39, 0.29) is 15.6 Å². The second-order valence-electron chi connectivity index (χ2n) is 4.42. The highest BCUT2D eigenvalue weighted by Gasteiger charge is 2.41. The predicted octanol–water partition coefficient (Wildman–Crippen LogP) is -0.468. The van der Waals surface area contributed by atoms with Gasteiger partial charge in [0.25, 0.3) is 0 Å². The molecule has 0 unspecified atom stereocenters. The molecule has 0 bridgehead atoms. The number of benzene rings is 1. The van der Waals surface area contributed by atoms with Crippen molar-refractivity contribution in [1.82, 2.24) is 4.31 Å². The Kier molecular flexibility index (Phi) is 4.13. The molecule has 1 heterocycles. The van der Waals surface area contributed by atoms with Gasteiger partial charge in [0.05, 0.1) is 17.8 Å². The van der Waals surface area contributed by atoms with Crippen LogP contribution in [0.2, 0.25) is 5.02 Å². The first-order chi connectivity index (χ1) is 10.00. The Morgan fingerprint density at radius 3 is 2.55 bits per heavy atom. The van der Waals surface area contributed by atoms with Gasteiger partial charge in [-0.15, -0.1) is 0 Å². The number of anilines is 1. The van der Waals surface area contributed by atoms with Gasteiger partial charge < -0.3 is 10.1 Å². The molecule has 0 aromatic heterocycles. The molecule has 12 heteroatoms. The molecular weight excluding hydrogens is 358 g/mol. The van der Waals surface area contributed by atoms with Crippen molar-refractivity contribution in [3.8, 4) is 0 Å². The van der Waals surface area contributed by atoms with Crippen LogP contribution in [-0.4, -0.2) is 47.4 Å². The van der Waals surface area contributed by atoms with E-state index in [1.807, 2.05) is 0 Å². The highest BCUT2D eigenvalue weighted by Crippen LogP contribution is 2.36. The number of sulfonamides is 2. The molecular formula is C10H12ClN3O6S2. The van der Waals surface area contributed by atoms with Crippen LogP contribution in [0.25, 0.3) is 0 Å². The minimum absolute atomic E-state index is 0.0223. The van der Waals surface area contributed by atoms with Crippen molar-refractivity contribution in [3.05, 3.63) is 17.2 Å². The maximum absolute atomic E-state index is 12.4. The third kappa shape index (κ3) is 2.65. The molecule has 122 valence electrons. The molecule has 1 aromatic rings. The summed E-state index contributed by atoms with van der Waals surface area (Å²) in [6.07, 6.45) is -1.29. The quantitative estimate of drug-likeness (QED) is 0.672. The number of carbonyl (C=O) groups excluding carboxylic acids is 1. The van der Waals surface area contributed by atoms with Gasteiger partial charge in [-0.1, -0.05) is 11.6 Å². The van der Waals surface area contributed by atoms with E-state index in [9.17, 15) is 21.6 Å². The third-order valence-electron chi connectivity index (χ3n) is 3.08. The second-order valence-corrected chi connectivity index (χ2v) is 8.32. The van der Waals surface area contributed by atoms with E-state index in [1.54, 1.807) is 0 Å². The van der Waals surface area contributed by atoms with Crippen LogP contribution in [0.3, 0.4) is 0 Å². The smallest absolute Gasteiger partial charge is 0.344 e. The molecule has 1 atom stereocenters. The van der Waals surface area contributed by atoms with Crippen molar-refractivity contribution >= 4 is 43.3 Å². The Morgan fingerprint density at radius 1 is 1.45 bits per heavy atom. The number of halogens is 1. The van der Waals surface area contributed by atoms with Crippen LogP contribution >= 0.6 is 11.6 Å². The van der Waals surface area contributed by atoms with Gasteiger partial charge in [0.2, 0.25) is 20.0 Å². The summed E-state index contributed by atoms with van der Waals surface area (Å²) in [6.45, 7) is 0. The number of ether oxygens (including phenoxy) is 1. The minimum Gasteiger partial charge on any atom is -0.466 e. The van der Waals surface area contributed by atoms with Crippen molar-refractivity contribution < 1.29 is 26.4 Å². The normalized spacial score (nSPS) is 20.8. The summed E-state index contributed by atoms with van der Waals surface area (Å²) in [5.74, 6) is -0.830. The van der Waals surface area contributed by atoms with E-state index in [0.717, 1.165) is 30.6 Å². The van der Waals surface area contributed by atoms with Crippen LogP contribution in [0.1, 0.15) is 0 Å². The van der Waals surface area contributed by atoms with Gasteiger partial charge >= 0.3 is 5.97 Å². The van der Waals surface area contributed by atoms with Gasteiger partial charge in [-0.2, -0.15) is 4.31 Å². The standard InChI is InChI=1S/C10H12ClN3O6S2/c1-14-9(10(15)20-2)13-6-3-5(11)7(21(12,16)17)4-8(6)22(14,18)19/h3-4,9,13H,1-2H3,(H2,12,16,17)/t9-/m1/s1. The summed E-state index contributed by atoms with van der Waals surface area (Å²) in [4.78, 5) is 10.8. The van der Waals surface area contributed by atoms with Gasteiger partial charge in [0.1, 0.15) is 9.79 Å². The lowest BCUT2D eigenvalue weighted by atomic mass is 10.3. The number of esters is 1. The number of methoxy groups -OCH3 is 1. The van der Waals surface area contributed by atoms with Crippen molar-refractivity contribution in [2.45, 2.75) is 16.0 Å². The predicted molar refractivity (Wildman–Crippen MR) is 77.2 cm³/mol. The lowest BCUT2D eigenvalue weighted by molar-refractivity contribution is -0.143. The zero-order valence-electron chi connectivity index (χ0n) is 11.4. The van der Waals surface area contributed by atoms with Crippen molar-refractivity contribution in [3.63, 3.8) is 0 Å². The zero-order valence-corrected chi connectivity index (χ0v) is 13.8. The molecule has 0 saturated carbocycles. The van der Waals surface area contributed by atoms with Gasteiger partial charge in [-0.05, 0) is 12.1 Å². The number of rotatable bonds is 2. The van der Waals surface area contributed by atoms with Gasteiger partial charge in [-0.25, -0.2) is 26.8 Å². The van der Waals surface area contributed by atoms with Gasteiger partial charge in [0, 0.05) is 7.05 Å². The van der Waals surface area contributed by atoms with E-state index < -0.39 is 37.1 Å². The molecule has 1 aromatic carbocycles. The number of nitrogens with one attached hydrogen (secondary N) is 1. The first-order valence-corrected chi connectivity index (χ1v) is 9.05. The molecule has 3 N–H and O–H groups in total. The highest BCUT2D eigenvalue weighted by atomic mass is 35.5. The summed E-state index contributed by atoms with van der Waals surface area (Å²) >= 11 is 5.81. The molecule has 0 aliphatic carbocycles. The van der Waals surface area contributed by atoms with E-state index >= 15 is 0 Å². The Balaban J connectivity index is 2.72. The number of primary sulfonamides is 1. The number of nitrogens with two attached hydrogens (primary N) is 1. The monoisotopic (exact) mass is 369 g/mol. The average Bonchev–Trinajstić information content (AvgIpc) is 2.40. The highest BCUT2D eigenvalue weighted by molar-refractivity contribution is 7.90. The summed E-state index contributed by atoms with van der Waals surface area (Å²) in [7, 11) is -6.08. The lowest BCUT2D eigenvalue weighted by Crippen LogP contribution is -2.51. The molecule has 1 aliphatic rings. The van der Waals surface area contributed by atoms with Gasteiger partial charge in [0.15, 0.2) is 6.17 Å². The maximum atomic E-state index is 12.4. The van der Waals surface area contributed by atoms with Crippen LogP contribution in [0.15, 0.2) is 21.9 Å². The fraction of sp³-hybridized carbons (Fsp3) is 0.300. The molecule has 22 heavy (non-hydrogen) atoms. The van der Waals surface area contributed by atoms with Crippen LogP contribution < -0.4 is 10.5 Å². The lowest BCUT2D eigenvalue weighted by Gasteiger charge is -2.33. The van der Waals surface area contributed by atoms with Crippen LogP contribution in [0.4, 0.5) is 5.69 Å². The number of likely N-dealkylation sites (N-methyl/N-ethyl adjacent to an activating group) is 1. The van der Waals surface area contributed by atoms with Crippen molar-refractivity contribution in [1.29, 1.82) is 0 Å². The molecule has 9 nitrogen and oxygen atoms in total. The van der Waals surface area contributed by atoms with Crippen molar-refractivity contribution in [2.24, 2.45) is 5.14 Å². The molecule has 0 spiro atoms. The topological polar surface area (TPSA) is 136 Å². The molecule has 0 amide bonds. The van der Waals surface area contributed by atoms with Crippen molar-refractivity contribution in [2.75, 3.05) is 19.5 Å². The molecule has 0 radical (unpaired) electrons. The van der Waals surface area contributed by atoms with Gasteiger partial charge in [-0.3, -0.25) is 0 Å². The Bertz CT molecular complexity index is 852. The summed E-state index contributed by atoms with van der Waals surface area (Å²) in [5, 5.41) is 7.35. The summed E-state index contributed by atoms with van der Waals surface area (Å²) in [6, 6.07) is 1.93. The summed E-state index contributed by atoms with van der Waals surface area (Å²) in [5.41, 5.74) is -0.0223. The Morgan fingerprint density at radius 2 is 2.05 bits per heavy atom. The van der Waals surface area contributed by atoms with E-state index in [1.165, 1.54) is 0 Å². The van der Waals surface area contributed by atoms with Crippen LogP contribution in [0, 0.1) is 0 Å². The molecule has 2 rings (SSSR count). The van der Waals surface area contributed by atoms with Crippen LogP contribution in [0.5, 0.6) is 0 Å². The number of hydrogen-bond acceptors (Lipinski definition) is 7. The van der Waals surface area contributed by atoms with E-state index in [4.69, 9.17) is 16.7 Å². The molecule has 1 aliphatic heterocycles. The largest absolute Gasteiger partial charge is 0.466 e. The Hall–Kier alpha value is -1.40. The number of carbonyl (C=O) groups is 1. The average molecular weight is 370 g/mol. The maximum Gasteiger partial charge on any atom is 0.344 e. The third-order valence-corrected chi connectivity index (χ3v) is 6.32. The van der Waals surface area contributed by atoms with Crippen LogP contribution in [-0.2, 0) is 29.6 Å². The van der Waals surface area contributed by atoms with E-state index in [0.29, 0.717) is 0 Å². The number of nitrogens with zero attached hydrogens (tertiary/aromatic N) is 1. The zero-order chi connectivity index (χ0) is 16.9. The van der Waals surface area contributed by atoms with E-state index in [2.05, 4.69) is 10.1 Å². The Labute approximate surface area is 132 Å². The summed E-state index contributed by atoms with van der Waals surface area (Å²) < 4.78 is 53.0. The number of fused-ring (bicyclic) bond motifs is 1. The first-order valence-electron chi connectivity index (χ1n) is 5.69. The molecule has 0 saturated heterocycles. The fourth-order valence-electron chi connectivity index (χ4n) is 1.93. The first kappa shape index (κ1) is 17.0.